The molecule has 0 atom stereocenters. The highest BCUT2D eigenvalue weighted by molar-refractivity contribution is 5.93. The van der Waals surface area contributed by atoms with E-state index in [9.17, 15) is 9.59 Å². The van der Waals surface area contributed by atoms with Crippen molar-refractivity contribution in [2.75, 3.05) is 19.8 Å². The van der Waals surface area contributed by atoms with Gasteiger partial charge in [-0.15, -0.1) is 0 Å². The van der Waals surface area contributed by atoms with E-state index in [1.54, 1.807) is 12.1 Å². The molecule has 0 radical (unpaired) electrons. The summed E-state index contributed by atoms with van der Waals surface area (Å²) in [5.74, 6) is -0.362. The molecule has 0 spiro atoms. The van der Waals surface area contributed by atoms with Gasteiger partial charge in [-0.05, 0) is 31.0 Å². The van der Waals surface area contributed by atoms with Gasteiger partial charge in [0.05, 0.1) is 29.8 Å². The number of ether oxygens (including phenoxy) is 2. The first kappa shape index (κ1) is 15.4. The number of nitrogens with zero attached hydrogens (tertiary/aromatic N) is 1. The molecule has 0 amide bonds. The fourth-order valence-corrected chi connectivity index (χ4v) is 3.64. The van der Waals surface area contributed by atoms with Gasteiger partial charge in [0.2, 0.25) is 0 Å². The molecule has 6 heteroatoms. The minimum Gasteiger partial charge on any atom is -0.461 e. The van der Waals surface area contributed by atoms with Crippen molar-refractivity contribution >= 4 is 17.0 Å². The van der Waals surface area contributed by atoms with Gasteiger partial charge in [-0.2, -0.15) is 0 Å². The molecule has 1 aromatic heterocycles. The molecule has 2 aromatic rings. The van der Waals surface area contributed by atoms with Gasteiger partial charge in [-0.1, -0.05) is 19.8 Å². The highest BCUT2D eigenvalue weighted by atomic mass is 16.5. The lowest BCUT2D eigenvalue weighted by Gasteiger charge is -2.37. The fraction of sp³-hybridized carbons (Fsp3) is 0.556. The first-order valence-electron chi connectivity index (χ1n) is 8.55. The lowest BCUT2D eigenvalue weighted by atomic mass is 9.90. The number of carbonyl (C=O) groups is 1. The molecule has 1 aliphatic carbocycles. The van der Waals surface area contributed by atoms with Crippen LogP contribution in [0.1, 0.15) is 49.0 Å². The topological polar surface area (TPSA) is 73.3 Å². The summed E-state index contributed by atoms with van der Waals surface area (Å²) in [6, 6.07) is 5.56. The van der Waals surface area contributed by atoms with Crippen molar-refractivity contribution < 1.29 is 14.3 Å². The van der Waals surface area contributed by atoms with Crippen molar-refractivity contribution in [1.29, 1.82) is 0 Å². The smallest absolute Gasteiger partial charge is 0.338 e. The first-order valence-corrected chi connectivity index (χ1v) is 8.55. The Hall–Kier alpha value is -2.08. The fourth-order valence-electron chi connectivity index (χ4n) is 3.64. The lowest BCUT2D eigenvalue weighted by molar-refractivity contribution is -0.127. The molecule has 4 rings (SSSR count). The zero-order valence-corrected chi connectivity index (χ0v) is 13.8. The third-order valence-corrected chi connectivity index (χ3v) is 5.09. The summed E-state index contributed by atoms with van der Waals surface area (Å²) >= 11 is 0. The molecule has 24 heavy (non-hydrogen) atoms. The summed E-state index contributed by atoms with van der Waals surface area (Å²) in [6.45, 7) is 3.63. The van der Waals surface area contributed by atoms with Crippen LogP contribution in [0.3, 0.4) is 0 Å². The van der Waals surface area contributed by atoms with Crippen LogP contribution in [0, 0.1) is 5.41 Å². The number of benzene rings is 1. The third kappa shape index (κ3) is 2.65. The maximum Gasteiger partial charge on any atom is 0.338 e. The maximum absolute atomic E-state index is 12.3. The summed E-state index contributed by atoms with van der Waals surface area (Å²) in [4.78, 5) is 27.4. The van der Waals surface area contributed by atoms with Gasteiger partial charge in [0, 0.05) is 11.5 Å². The Morgan fingerprint density at radius 3 is 2.79 bits per heavy atom. The van der Waals surface area contributed by atoms with E-state index in [4.69, 9.17) is 9.47 Å². The Kier molecular flexibility index (Phi) is 3.72. The van der Waals surface area contributed by atoms with Crippen LogP contribution >= 0.6 is 0 Å². The van der Waals surface area contributed by atoms with Gasteiger partial charge < -0.3 is 14.5 Å². The molecule has 128 valence electrons. The van der Waals surface area contributed by atoms with E-state index >= 15 is 0 Å². The Balaban J connectivity index is 1.57. The molecule has 1 aromatic carbocycles. The van der Waals surface area contributed by atoms with Gasteiger partial charge in [-0.25, -0.2) is 9.59 Å². The second-order valence-corrected chi connectivity index (χ2v) is 7.35. The van der Waals surface area contributed by atoms with Gasteiger partial charge in [0.25, 0.3) is 0 Å². The maximum atomic E-state index is 12.3. The van der Waals surface area contributed by atoms with Crippen LogP contribution in [-0.4, -0.2) is 35.3 Å². The van der Waals surface area contributed by atoms with Gasteiger partial charge in [-0.3, -0.25) is 4.57 Å². The van der Waals surface area contributed by atoms with Crippen molar-refractivity contribution in [2.45, 2.75) is 38.6 Å². The molecule has 2 fully saturated rings. The Morgan fingerprint density at radius 2 is 2.12 bits per heavy atom. The molecule has 1 saturated carbocycles. The largest absolute Gasteiger partial charge is 0.461 e. The third-order valence-electron chi connectivity index (χ3n) is 5.09. The standard InChI is InChI=1S/C18H22N2O4/c1-18(9-23-10-18)11-24-16(21)12-6-7-15-14(8-12)19-17(22)20(15)13-4-2-3-5-13/h6-8,13H,2-5,9-11H2,1H3,(H,19,22). The second kappa shape index (κ2) is 5.77. The first-order chi connectivity index (χ1) is 11.6. The minimum absolute atomic E-state index is 0.0696. The van der Waals surface area contributed by atoms with Crippen molar-refractivity contribution in [1.82, 2.24) is 9.55 Å². The predicted molar refractivity (Wildman–Crippen MR) is 89.3 cm³/mol. The van der Waals surface area contributed by atoms with E-state index in [0.29, 0.717) is 30.9 Å². The number of hydrogen-bond donors (Lipinski definition) is 1. The van der Waals surface area contributed by atoms with Gasteiger partial charge >= 0.3 is 11.7 Å². The molecule has 1 aliphatic heterocycles. The van der Waals surface area contributed by atoms with Gasteiger partial charge in [0.15, 0.2) is 0 Å². The summed E-state index contributed by atoms with van der Waals surface area (Å²) in [7, 11) is 0. The van der Waals surface area contributed by atoms with E-state index in [1.807, 2.05) is 17.6 Å². The van der Waals surface area contributed by atoms with Crippen LogP contribution in [0.4, 0.5) is 0 Å². The minimum atomic E-state index is -0.362. The van der Waals surface area contributed by atoms with Crippen molar-refractivity contribution in [3.8, 4) is 0 Å². The number of H-pyrrole nitrogens is 1. The zero-order valence-electron chi connectivity index (χ0n) is 13.8. The molecule has 6 nitrogen and oxygen atoms in total. The number of rotatable bonds is 4. The monoisotopic (exact) mass is 330 g/mol. The number of aromatic amines is 1. The van der Waals surface area contributed by atoms with Crippen LogP contribution in [-0.2, 0) is 9.47 Å². The van der Waals surface area contributed by atoms with Crippen LogP contribution in [0.25, 0.3) is 11.0 Å². The van der Waals surface area contributed by atoms with Crippen molar-refractivity contribution in [3.63, 3.8) is 0 Å². The number of imidazole rings is 1. The van der Waals surface area contributed by atoms with Crippen LogP contribution in [0.2, 0.25) is 0 Å². The quantitative estimate of drug-likeness (QED) is 0.875. The summed E-state index contributed by atoms with van der Waals surface area (Å²) in [5, 5.41) is 0. The number of nitrogens with one attached hydrogen (secondary N) is 1. The molecular formula is C18H22N2O4. The van der Waals surface area contributed by atoms with E-state index in [0.717, 1.165) is 31.2 Å². The van der Waals surface area contributed by atoms with Gasteiger partial charge in [0.1, 0.15) is 6.61 Å². The predicted octanol–water partition coefficient (Wildman–Crippen LogP) is 2.64. The molecule has 1 saturated heterocycles. The van der Waals surface area contributed by atoms with E-state index < -0.39 is 0 Å². The van der Waals surface area contributed by atoms with Crippen LogP contribution < -0.4 is 5.69 Å². The zero-order chi connectivity index (χ0) is 16.7. The summed E-state index contributed by atoms with van der Waals surface area (Å²) in [6.07, 6.45) is 4.40. The number of esters is 1. The molecule has 0 bridgehead atoms. The summed E-state index contributed by atoms with van der Waals surface area (Å²) < 4.78 is 12.4. The van der Waals surface area contributed by atoms with E-state index in [1.165, 1.54) is 0 Å². The Morgan fingerprint density at radius 1 is 1.38 bits per heavy atom. The van der Waals surface area contributed by atoms with E-state index in [-0.39, 0.29) is 23.1 Å². The number of carbonyl (C=O) groups excluding carboxylic acids is 1. The number of hydrogen-bond acceptors (Lipinski definition) is 4. The number of aromatic nitrogens is 2. The molecule has 1 N–H and O–H groups in total. The average molecular weight is 330 g/mol. The SMILES string of the molecule is CC1(COC(=O)c2ccc3c(c2)[nH]c(=O)n3C2CCCC2)COC1. The average Bonchev–Trinajstić information content (AvgIpc) is 3.16. The number of fused-ring (bicyclic) bond motifs is 1. The van der Waals surface area contributed by atoms with Crippen LogP contribution in [0.15, 0.2) is 23.0 Å². The second-order valence-electron chi connectivity index (χ2n) is 7.35. The highest BCUT2D eigenvalue weighted by Crippen LogP contribution is 2.31. The summed E-state index contributed by atoms with van der Waals surface area (Å²) in [5.41, 5.74) is 1.86. The Labute approximate surface area is 139 Å². The van der Waals surface area contributed by atoms with Crippen molar-refractivity contribution in [2.24, 2.45) is 5.41 Å². The molecular weight excluding hydrogens is 308 g/mol. The Bertz CT molecular complexity index is 825. The van der Waals surface area contributed by atoms with Crippen LogP contribution in [0.5, 0.6) is 0 Å². The molecule has 2 heterocycles. The highest BCUT2D eigenvalue weighted by Gasteiger charge is 2.35. The van der Waals surface area contributed by atoms with E-state index in [2.05, 4.69) is 4.98 Å². The molecule has 0 unspecified atom stereocenters. The molecule has 2 aliphatic rings. The lowest BCUT2D eigenvalue weighted by Crippen LogP contribution is -2.44. The van der Waals surface area contributed by atoms with Crippen molar-refractivity contribution in [3.05, 3.63) is 34.2 Å². The normalized spacial score (nSPS) is 20.2.